The summed E-state index contributed by atoms with van der Waals surface area (Å²) >= 11 is 0. The van der Waals surface area contributed by atoms with E-state index in [1.54, 1.807) is 26.8 Å². The van der Waals surface area contributed by atoms with E-state index in [-0.39, 0.29) is 13.2 Å². The molecule has 0 saturated carbocycles. The van der Waals surface area contributed by atoms with Gasteiger partial charge in [0, 0.05) is 6.54 Å². The van der Waals surface area contributed by atoms with Gasteiger partial charge in [-0.3, -0.25) is 4.90 Å². The van der Waals surface area contributed by atoms with E-state index < -0.39 is 17.7 Å². The molecule has 1 atom stereocenters. The molecule has 1 amide bonds. The van der Waals surface area contributed by atoms with Crippen LogP contribution < -0.4 is 0 Å². The molecular weight excluding hydrogens is 294 g/mol. The Hall–Kier alpha value is -2.14. The molecule has 0 radical (unpaired) electrons. The number of carbonyl (C=O) groups is 2. The van der Waals surface area contributed by atoms with E-state index in [9.17, 15) is 9.59 Å². The number of amides is 1. The molecule has 0 bridgehead atoms. The second-order valence-corrected chi connectivity index (χ2v) is 6.13. The third-order valence-electron chi connectivity index (χ3n) is 2.91. The van der Waals surface area contributed by atoms with Crippen LogP contribution in [0.4, 0.5) is 4.79 Å². The van der Waals surface area contributed by atoms with Crippen LogP contribution in [0.1, 0.15) is 26.3 Å². The molecule has 1 aromatic carbocycles. The number of rotatable bonds is 8. The summed E-state index contributed by atoms with van der Waals surface area (Å²) in [5.41, 5.74) is 0.374. The van der Waals surface area contributed by atoms with E-state index in [2.05, 4.69) is 6.58 Å². The zero-order valence-corrected chi connectivity index (χ0v) is 14.0. The second kappa shape index (κ2) is 9.10. The molecule has 126 valence electrons. The van der Waals surface area contributed by atoms with Crippen molar-refractivity contribution in [1.29, 1.82) is 0 Å². The summed E-state index contributed by atoms with van der Waals surface area (Å²) in [5, 5.41) is 0. The fourth-order valence-corrected chi connectivity index (χ4v) is 1.88. The van der Waals surface area contributed by atoms with E-state index in [0.717, 1.165) is 5.56 Å². The van der Waals surface area contributed by atoms with Crippen LogP contribution in [0.3, 0.4) is 0 Å². The van der Waals surface area contributed by atoms with Crippen LogP contribution in [-0.4, -0.2) is 42.1 Å². The zero-order valence-electron chi connectivity index (χ0n) is 14.0. The molecule has 0 aliphatic rings. The van der Waals surface area contributed by atoms with Gasteiger partial charge in [0.1, 0.15) is 17.9 Å². The number of ether oxygens (including phenoxy) is 2. The van der Waals surface area contributed by atoms with Crippen molar-refractivity contribution in [3.63, 3.8) is 0 Å². The fourth-order valence-electron chi connectivity index (χ4n) is 1.88. The summed E-state index contributed by atoms with van der Waals surface area (Å²) < 4.78 is 10.9. The SMILES string of the molecule is C=CCN(C(=O)OC(C)(C)C)[C@H](C=O)COCc1ccccc1. The second-order valence-electron chi connectivity index (χ2n) is 6.13. The molecule has 0 N–H and O–H groups in total. The van der Waals surface area contributed by atoms with Crippen LogP contribution in [0.2, 0.25) is 0 Å². The first-order valence-corrected chi connectivity index (χ1v) is 7.55. The van der Waals surface area contributed by atoms with Gasteiger partial charge >= 0.3 is 6.09 Å². The topological polar surface area (TPSA) is 55.8 Å². The van der Waals surface area contributed by atoms with E-state index in [4.69, 9.17) is 9.47 Å². The standard InChI is InChI=1S/C18H25NO4/c1-5-11-19(17(21)23-18(2,3)4)16(12-20)14-22-13-15-9-7-6-8-10-15/h5-10,12,16H,1,11,13-14H2,2-4H3/t16-/m1/s1. The van der Waals surface area contributed by atoms with Crippen molar-refractivity contribution >= 4 is 12.4 Å². The highest BCUT2D eigenvalue weighted by molar-refractivity contribution is 5.74. The third-order valence-corrected chi connectivity index (χ3v) is 2.91. The van der Waals surface area contributed by atoms with Crippen molar-refractivity contribution in [3.05, 3.63) is 48.6 Å². The molecule has 0 aliphatic carbocycles. The minimum atomic E-state index is -0.716. The molecule has 0 spiro atoms. The molecule has 0 aromatic heterocycles. The lowest BCUT2D eigenvalue weighted by molar-refractivity contribution is -0.114. The lowest BCUT2D eigenvalue weighted by Crippen LogP contribution is -2.46. The highest BCUT2D eigenvalue weighted by Crippen LogP contribution is 2.12. The van der Waals surface area contributed by atoms with Crippen LogP contribution in [0, 0.1) is 0 Å². The van der Waals surface area contributed by atoms with Gasteiger partial charge in [0.15, 0.2) is 0 Å². The van der Waals surface area contributed by atoms with Crippen molar-refractivity contribution in [1.82, 2.24) is 4.90 Å². The Labute approximate surface area is 137 Å². The molecule has 5 nitrogen and oxygen atoms in total. The minimum Gasteiger partial charge on any atom is -0.444 e. The number of benzene rings is 1. The predicted molar refractivity (Wildman–Crippen MR) is 89.1 cm³/mol. The number of aldehydes is 1. The van der Waals surface area contributed by atoms with Crippen LogP contribution in [0.15, 0.2) is 43.0 Å². The lowest BCUT2D eigenvalue weighted by Gasteiger charge is -2.30. The number of hydrogen-bond donors (Lipinski definition) is 0. The van der Waals surface area contributed by atoms with E-state index in [1.165, 1.54) is 4.90 Å². The van der Waals surface area contributed by atoms with Crippen molar-refractivity contribution < 1.29 is 19.1 Å². The van der Waals surface area contributed by atoms with Gasteiger partial charge in [0.05, 0.1) is 13.2 Å². The Kier molecular flexibility index (Phi) is 7.48. The Morgan fingerprint density at radius 1 is 1.30 bits per heavy atom. The van der Waals surface area contributed by atoms with Crippen molar-refractivity contribution in [2.24, 2.45) is 0 Å². The first kappa shape index (κ1) is 18.9. The first-order chi connectivity index (χ1) is 10.9. The van der Waals surface area contributed by atoms with Crippen molar-refractivity contribution in [2.75, 3.05) is 13.2 Å². The molecular formula is C18H25NO4. The average molecular weight is 319 g/mol. The van der Waals surface area contributed by atoms with Gasteiger partial charge in [-0.15, -0.1) is 6.58 Å². The van der Waals surface area contributed by atoms with E-state index >= 15 is 0 Å². The highest BCUT2D eigenvalue weighted by Gasteiger charge is 2.27. The predicted octanol–water partition coefficient (Wildman–Crippen LogP) is 3.19. The summed E-state index contributed by atoms with van der Waals surface area (Å²) in [5.74, 6) is 0. The Morgan fingerprint density at radius 3 is 2.48 bits per heavy atom. The van der Waals surface area contributed by atoms with Crippen LogP contribution in [0.25, 0.3) is 0 Å². The molecule has 1 rings (SSSR count). The average Bonchev–Trinajstić information content (AvgIpc) is 2.49. The smallest absolute Gasteiger partial charge is 0.411 e. The van der Waals surface area contributed by atoms with Crippen LogP contribution in [0.5, 0.6) is 0 Å². The monoisotopic (exact) mass is 319 g/mol. The van der Waals surface area contributed by atoms with Gasteiger partial charge in [0.25, 0.3) is 0 Å². The summed E-state index contributed by atoms with van der Waals surface area (Å²) in [6.45, 7) is 9.64. The minimum absolute atomic E-state index is 0.103. The molecule has 5 heteroatoms. The van der Waals surface area contributed by atoms with E-state index in [1.807, 2.05) is 30.3 Å². The Bertz CT molecular complexity index is 508. The molecule has 0 aliphatic heterocycles. The van der Waals surface area contributed by atoms with Gasteiger partial charge in [-0.25, -0.2) is 4.79 Å². The Balaban J connectivity index is 2.64. The third kappa shape index (κ3) is 7.10. The van der Waals surface area contributed by atoms with Gasteiger partial charge in [-0.05, 0) is 26.3 Å². The van der Waals surface area contributed by atoms with E-state index in [0.29, 0.717) is 12.9 Å². The van der Waals surface area contributed by atoms with Gasteiger partial charge in [-0.2, -0.15) is 0 Å². The zero-order chi connectivity index (χ0) is 17.3. The summed E-state index contributed by atoms with van der Waals surface area (Å²) in [6.07, 6.45) is 1.69. The van der Waals surface area contributed by atoms with Crippen molar-refractivity contribution in [2.45, 2.75) is 39.0 Å². The molecule has 1 aromatic rings. The number of carbonyl (C=O) groups excluding carboxylic acids is 2. The molecule has 0 unspecified atom stereocenters. The van der Waals surface area contributed by atoms with Crippen LogP contribution in [-0.2, 0) is 20.9 Å². The Morgan fingerprint density at radius 2 is 1.96 bits per heavy atom. The number of hydrogen-bond acceptors (Lipinski definition) is 4. The quantitative estimate of drug-likeness (QED) is 0.545. The van der Waals surface area contributed by atoms with Crippen molar-refractivity contribution in [3.8, 4) is 0 Å². The first-order valence-electron chi connectivity index (χ1n) is 7.55. The molecule has 0 heterocycles. The van der Waals surface area contributed by atoms with Gasteiger partial charge < -0.3 is 14.3 Å². The maximum Gasteiger partial charge on any atom is 0.411 e. The summed E-state index contributed by atoms with van der Waals surface area (Å²) in [4.78, 5) is 24.9. The highest BCUT2D eigenvalue weighted by atomic mass is 16.6. The molecule has 0 fully saturated rings. The van der Waals surface area contributed by atoms with Gasteiger partial charge in [0.2, 0.25) is 0 Å². The molecule has 23 heavy (non-hydrogen) atoms. The van der Waals surface area contributed by atoms with Crippen LogP contribution >= 0.6 is 0 Å². The maximum absolute atomic E-state index is 12.2. The molecule has 0 saturated heterocycles. The van der Waals surface area contributed by atoms with Gasteiger partial charge in [-0.1, -0.05) is 36.4 Å². The normalized spacial score (nSPS) is 12.3. The largest absolute Gasteiger partial charge is 0.444 e. The lowest BCUT2D eigenvalue weighted by atomic mass is 10.2. The summed E-state index contributed by atoms with van der Waals surface area (Å²) in [6, 6.07) is 8.91. The maximum atomic E-state index is 12.2. The number of nitrogens with zero attached hydrogens (tertiary/aromatic N) is 1. The summed E-state index contributed by atoms with van der Waals surface area (Å²) in [7, 11) is 0. The fraction of sp³-hybridized carbons (Fsp3) is 0.444.